The van der Waals surface area contributed by atoms with Gasteiger partial charge in [0, 0.05) is 5.56 Å². The van der Waals surface area contributed by atoms with Crippen LogP contribution in [0.3, 0.4) is 0 Å². The Morgan fingerprint density at radius 1 is 1.42 bits per heavy atom. The Bertz CT molecular complexity index is 649. The quantitative estimate of drug-likeness (QED) is 0.831. The molecule has 0 spiro atoms. The Kier molecular flexibility index (Phi) is 4.17. The molecule has 0 fully saturated rings. The maximum absolute atomic E-state index is 13.1. The van der Waals surface area contributed by atoms with Crippen molar-refractivity contribution in [3.05, 3.63) is 57.0 Å². The number of nitrogens with one attached hydrogen (secondary N) is 1. The Hall–Kier alpha value is -1.46. The summed E-state index contributed by atoms with van der Waals surface area (Å²) in [5.74, 6) is -0.759. The van der Waals surface area contributed by atoms with Crippen molar-refractivity contribution < 1.29 is 9.18 Å². The Morgan fingerprint density at radius 3 is 2.79 bits per heavy atom. The molecule has 98 valence electrons. The second-order valence-corrected chi connectivity index (χ2v) is 5.13. The minimum atomic E-state index is -0.416. The lowest BCUT2D eigenvalue weighted by atomic mass is 10.2. The Morgan fingerprint density at radius 2 is 2.16 bits per heavy atom. The lowest BCUT2D eigenvalue weighted by Crippen LogP contribution is -2.12. The smallest absolute Gasteiger partial charge is 0.255 e. The minimum Gasteiger partial charge on any atom is -0.321 e. The van der Waals surface area contributed by atoms with E-state index in [2.05, 4.69) is 26.2 Å². The molecule has 1 N–H and O–H groups in total. The normalized spacial score (nSPS) is 10.3. The number of carbonyl (C=O) groups is 1. The van der Waals surface area contributed by atoms with Crippen LogP contribution in [0.25, 0.3) is 0 Å². The zero-order valence-electron chi connectivity index (χ0n) is 9.88. The fourth-order valence-electron chi connectivity index (χ4n) is 1.47. The Balaban J connectivity index is 2.20. The van der Waals surface area contributed by atoms with Crippen LogP contribution >= 0.6 is 27.5 Å². The van der Waals surface area contributed by atoms with Crippen LogP contribution in [-0.4, -0.2) is 10.9 Å². The van der Waals surface area contributed by atoms with Gasteiger partial charge in [-0.1, -0.05) is 11.6 Å². The van der Waals surface area contributed by atoms with Gasteiger partial charge in [0.05, 0.1) is 16.4 Å². The van der Waals surface area contributed by atoms with Crippen molar-refractivity contribution in [3.63, 3.8) is 0 Å². The van der Waals surface area contributed by atoms with Gasteiger partial charge in [-0.25, -0.2) is 9.37 Å². The summed E-state index contributed by atoms with van der Waals surface area (Å²) in [6.45, 7) is 1.79. The number of carbonyl (C=O) groups excluding carboxylic acids is 1. The summed E-state index contributed by atoms with van der Waals surface area (Å²) in [4.78, 5) is 15.9. The number of pyridine rings is 1. The average molecular weight is 344 g/mol. The summed E-state index contributed by atoms with van der Waals surface area (Å²) in [6, 6.07) is 5.77. The first kappa shape index (κ1) is 14.0. The van der Waals surface area contributed by atoms with Crippen LogP contribution in [0.4, 0.5) is 10.1 Å². The number of aromatic nitrogens is 1. The standard InChI is InChI=1S/C13H9BrClFN2O/c1-7-4-9(6-17-12(7)15)18-13(19)8-2-3-11(16)10(14)5-8/h2-6H,1H3,(H,18,19). The third-order valence-corrected chi connectivity index (χ3v) is 3.46. The summed E-state index contributed by atoms with van der Waals surface area (Å²) < 4.78 is 13.3. The summed E-state index contributed by atoms with van der Waals surface area (Å²) >= 11 is 8.84. The van der Waals surface area contributed by atoms with Crippen molar-refractivity contribution in [2.24, 2.45) is 0 Å². The van der Waals surface area contributed by atoms with E-state index in [4.69, 9.17) is 11.6 Å². The number of aryl methyl sites for hydroxylation is 1. The van der Waals surface area contributed by atoms with E-state index in [0.717, 1.165) is 5.56 Å². The number of amides is 1. The van der Waals surface area contributed by atoms with Crippen molar-refractivity contribution >= 4 is 39.1 Å². The topological polar surface area (TPSA) is 42.0 Å². The molecular formula is C13H9BrClFN2O. The van der Waals surface area contributed by atoms with Crippen LogP contribution in [0.15, 0.2) is 34.9 Å². The van der Waals surface area contributed by atoms with Gasteiger partial charge in [-0.15, -0.1) is 0 Å². The van der Waals surface area contributed by atoms with Gasteiger partial charge in [0.15, 0.2) is 0 Å². The predicted molar refractivity (Wildman–Crippen MR) is 76.0 cm³/mol. The molecular weight excluding hydrogens is 335 g/mol. The number of halogens is 3. The van der Waals surface area contributed by atoms with Crippen molar-refractivity contribution in [1.29, 1.82) is 0 Å². The van der Waals surface area contributed by atoms with Gasteiger partial charge >= 0.3 is 0 Å². The van der Waals surface area contributed by atoms with E-state index in [-0.39, 0.29) is 10.4 Å². The molecule has 1 aromatic heterocycles. The van der Waals surface area contributed by atoms with Crippen molar-refractivity contribution in [2.75, 3.05) is 5.32 Å². The van der Waals surface area contributed by atoms with Gasteiger partial charge in [0.1, 0.15) is 11.0 Å². The van der Waals surface area contributed by atoms with Gasteiger partial charge in [0.2, 0.25) is 0 Å². The molecule has 19 heavy (non-hydrogen) atoms. The molecule has 1 heterocycles. The molecule has 0 aliphatic rings. The van der Waals surface area contributed by atoms with Crippen molar-refractivity contribution in [1.82, 2.24) is 4.98 Å². The largest absolute Gasteiger partial charge is 0.321 e. The van der Waals surface area contributed by atoms with Crippen LogP contribution < -0.4 is 5.32 Å². The highest BCUT2D eigenvalue weighted by Gasteiger charge is 2.09. The first-order chi connectivity index (χ1) is 8.97. The first-order valence-corrected chi connectivity index (χ1v) is 6.53. The highest BCUT2D eigenvalue weighted by atomic mass is 79.9. The minimum absolute atomic E-state index is 0.241. The zero-order valence-corrected chi connectivity index (χ0v) is 12.2. The maximum Gasteiger partial charge on any atom is 0.255 e. The number of hydrogen-bond donors (Lipinski definition) is 1. The van der Waals surface area contributed by atoms with E-state index in [1.54, 1.807) is 13.0 Å². The second kappa shape index (κ2) is 5.67. The molecule has 1 aromatic carbocycles. The van der Waals surface area contributed by atoms with E-state index in [0.29, 0.717) is 16.4 Å². The SMILES string of the molecule is Cc1cc(NC(=O)c2ccc(F)c(Br)c2)cnc1Cl. The molecule has 2 rings (SSSR count). The van der Waals surface area contributed by atoms with E-state index < -0.39 is 5.82 Å². The second-order valence-electron chi connectivity index (χ2n) is 3.91. The highest BCUT2D eigenvalue weighted by molar-refractivity contribution is 9.10. The molecule has 0 radical (unpaired) electrons. The van der Waals surface area contributed by atoms with Crippen molar-refractivity contribution in [3.8, 4) is 0 Å². The molecule has 0 atom stereocenters. The van der Waals surface area contributed by atoms with E-state index in [1.165, 1.54) is 24.4 Å². The first-order valence-electron chi connectivity index (χ1n) is 5.36. The molecule has 0 saturated heterocycles. The molecule has 1 amide bonds. The lowest BCUT2D eigenvalue weighted by Gasteiger charge is -2.07. The average Bonchev–Trinajstić information content (AvgIpc) is 2.37. The molecule has 3 nitrogen and oxygen atoms in total. The van der Waals surface area contributed by atoms with Gasteiger partial charge in [-0.05, 0) is 52.7 Å². The molecule has 6 heteroatoms. The number of benzene rings is 1. The number of nitrogens with zero attached hydrogens (tertiary/aromatic N) is 1. The number of anilines is 1. The number of rotatable bonds is 2. The maximum atomic E-state index is 13.1. The number of hydrogen-bond acceptors (Lipinski definition) is 2. The summed E-state index contributed by atoms with van der Waals surface area (Å²) in [5.41, 5.74) is 1.65. The van der Waals surface area contributed by atoms with E-state index >= 15 is 0 Å². The molecule has 0 aliphatic carbocycles. The van der Waals surface area contributed by atoms with Gasteiger partial charge < -0.3 is 5.32 Å². The van der Waals surface area contributed by atoms with Crippen LogP contribution in [0.2, 0.25) is 5.15 Å². The predicted octanol–water partition coefficient (Wildman–Crippen LogP) is 4.20. The summed E-state index contributed by atoms with van der Waals surface area (Å²) in [6.07, 6.45) is 1.46. The van der Waals surface area contributed by atoms with Crippen LogP contribution in [-0.2, 0) is 0 Å². The van der Waals surface area contributed by atoms with Crippen LogP contribution in [0.1, 0.15) is 15.9 Å². The van der Waals surface area contributed by atoms with Crippen molar-refractivity contribution in [2.45, 2.75) is 6.92 Å². The fraction of sp³-hybridized carbons (Fsp3) is 0.0769. The van der Waals surface area contributed by atoms with Gasteiger partial charge in [-0.3, -0.25) is 4.79 Å². The molecule has 2 aromatic rings. The third kappa shape index (κ3) is 3.30. The van der Waals surface area contributed by atoms with E-state index in [1.807, 2.05) is 0 Å². The third-order valence-electron chi connectivity index (χ3n) is 2.45. The van der Waals surface area contributed by atoms with Gasteiger partial charge in [-0.2, -0.15) is 0 Å². The van der Waals surface area contributed by atoms with E-state index in [9.17, 15) is 9.18 Å². The molecule has 0 saturated carbocycles. The van der Waals surface area contributed by atoms with Crippen LogP contribution in [0, 0.1) is 12.7 Å². The zero-order chi connectivity index (χ0) is 14.0. The summed E-state index contributed by atoms with van der Waals surface area (Å²) in [7, 11) is 0. The molecule has 0 unspecified atom stereocenters. The lowest BCUT2D eigenvalue weighted by molar-refractivity contribution is 0.102. The monoisotopic (exact) mass is 342 g/mol. The Labute approximate surface area is 122 Å². The van der Waals surface area contributed by atoms with Crippen LogP contribution in [0.5, 0.6) is 0 Å². The highest BCUT2D eigenvalue weighted by Crippen LogP contribution is 2.19. The molecule has 0 aliphatic heterocycles. The summed E-state index contributed by atoms with van der Waals surface area (Å²) in [5, 5.41) is 3.06. The van der Waals surface area contributed by atoms with Gasteiger partial charge in [0.25, 0.3) is 5.91 Å². The fourth-order valence-corrected chi connectivity index (χ4v) is 1.95. The molecule has 0 bridgehead atoms.